The average molecular weight is 359 g/mol. The van der Waals surface area contributed by atoms with Crippen LogP contribution < -0.4 is 5.32 Å². The van der Waals surface area contributed by atoms with Crippen LogP contribution in [0.15, 0.2) is 28.7 Å². The maximum atomic E-state index is 12.9. The van der Waals surface area contributed by atoms with Crippen LogP contribution in [0.4, 0.5) is 4.39 Å². The van der Waals surface area contributed by atoms with E-state index in [0.29, 0.717) is 44.1 Å². The van der Waals surface area contributed by atoms with Gasteiger partial charge in [-0.3, -0.25) is 9.59 Å². The molecule has 1 aliphatic rings. The SMILES string of the molecule is Cc1nc(C)c(C(=O)N2CCC(C(=O)NCc3ccc(F)cc3)CC2)o1. The van der Waals surface area contributed by atoms with Gasteiger partial charge in [-0.05, 0) is 37.5 Å². The van der Waals surface area contributed by atoms with E-state index >= 15 is 0 Å². The summed E-state index contributed by atoms with van der Waals surface area (Å²) in [5, 5.41) is 2.88. The van der Waals surface area contributed by atoms with Crippen molar-refractivity contribution in [3.05, 3.63) is 53.0 Å². The molecule has 26 heavy (non-hydrogen) atoms. The van der Waals surface area contributed by atoms with E-state index in [0.717, 1.165) is 5.56 Å². The van der Waals surface area contributed by atoms with Gasteiger partial charge >= 0.3 is 0 Å². The van der Waals surface area contributed by atoms with Crippen LogP contribution in [0, 0.1) is 25.6 Å². The quantitative estimate of drug-likeness (QED) is 0.910. The predicted octanol–water partition coefficient (Wildman–Crippen LogP) is 2.60. The molecule has 138 valence electrons. The number of nitrogens with one attached hydrogen (secondary N) is 1. The van der Waals surface area contributed by atoms with Crippen molar-refractivity contribution >= 4 is 11.8 Å². The Morgan fingerprint density at radius 1 is 1.23 bits per heavy atom. The first kappa shape index (κ1) is 18.1. The summed E-state index contributed by atoms with van der Waals surface area (Å²) in [6.45, 7) is 4.84. The van der Waals surface area contributed by atoms with Crippen molar-refractivity contribution in [2.75, 3.05) is 13.1 Å². The maximum absolute atomic E-state index is 12.9. The number of hydrogen-bond donors (Lipinski definition) is 1. The van der Waals surface area contributed by atoms with E-state index in [9.17, 15) is 14.0 Å². The third kappa shape index (κ3) is 4.09. The zero-order chi connectivity index (χ0) is 18.7. The lowest BCUT2D eigenvalue weighted by Crippen LogP contribution is -2.43. The Labute approximate surface area is 151 Å². The third-order valence-electron chi connectivity index (χ3n) is 4.63. The van der Waals surface area contributed by atoms with Gasteiger partial charge in [-0.2, -0.15) is 0 Å². The van der Waals surface area contributed by atoms with Crippen LogP contribution in [0.2, 0.25) is 0 Å². The first-order chi connectivity index (χ1) is 12.4. The molecule has 1 aromatic heterocycles. The van der Waals surface area contributed by atoms with Crippen molar-refractivity contribution in [3.63, 3.8) is 0 Å². The monoisotopic (exact) mass is 359 g/mol. The Bertz CT molecular complexity index is 793. The Morgan fingerprint density at radius 3 is 2.46 bits per heavy atom. The van der Waals surface area contributed by atoms with Gasteiger partial charge in [0.05, 0.1) is 5.69 Å². The van der Waals surface area contributed by atoms with E-state index in [1.165, 1.54) is 12.1 Å². The molecule has 0 unspecified atom stereocenters. The summed E-state index contributed by atoms with van der Waals surface area (Å²) in [4.78, 5) is 30.7. The number of halogens is 1. The Kier molecular flexibility index (Phi) is 5.35. The highest BCUT2D eigenvalue weighted by molar-refractivity contribution is 5.92. The highest BCUT2D eigenvalue weighted by Gasteiger charge is 2.30. The Morgan fingerprint density at radius 2 is 1.88 bits per heavy atom. The van der Waals surface area contributed by atoms with E-state index < -0.39 is 0 Å². The van der Waals surface area contributed by atoms with Crippen LogP contribution in [0.3, 0.4) is 0 Å². The van der Waals surface area contributed by atoms with E-state index in [1.54, 1.807) is 30.9 Å². The Balaban J connectivity index is 1.49. The second-order valence-corrected chi connectivity index (χ2v) is 6.56. The molecule has 6 nitrogen and oxygen atoms in total. The largest absolute Gasteiger partial charge is 0.436 e. The summed E-state index contributed by atoms with van der Waals surface area (Å²) in [5.41, 5.74) is 1.44. The molecule has 2 aromatic rings. The number of carbonyl (C=O) groups is 2. The standard InChI is InChI=1S/C19H22FN3O3/c1-12-17(26-13(2)22-12)19(25)23-9-7-15(8-10-23)18(24)21-11-14-3-5-16(20)6-4-14/h3-6,15H,7-11H2,1-2H3,(H,21,24). The van der Waals surface area contributed by atoms with Crippen LogP contribution in [0.5, 0.6) is 0 Å². The fourth-order valence-electron chi connectivity index (χ4n) is 3.15. The number of benzene rings is 1. The summed E-state index contributed by atoms with van der Waals surface area (Å²) in [6.07, 6.45) is 1.21. The molecule has 1 saturated heterocycles. The number of rotatable bonds is 4. The Hall–Kier alpha value is -2.70. The van der Waals surface area contributed by atoms with Crippen LogP contribution in [0.25, 0.3) is 0 Å². The number of amides is 2. The van der Waals surface area contributed by atoms with Gasteiger partial charge in [0.25, 0.3) is 5.91 Å². The van der Waals surface area contributed by atoms with Crippen molar-refractivity contribution in [2.45, 2.75) is 33.2 Å². The van der Waals surface area contributed by atoms with Gasteiger partial charge in [0, 0.05) is 32.5 Å². The fraction of sp³-hybridized carbons (Fsp3) is 0.421. The molecule has 1 N–H and O–H groups in total. The fourth-order valence-corrected chi connectivity index (χ4v) is 3.15. The van der Waals surface area contributed by atoms with Crippen molar-refractivity contribution in [1.29, 1.82) is 0 Å². The van der Waals surface area contributed by atoms with Gasteiger partial charge < -0.3 is 14.6 Å². The van der Waals surface area contributed by atoms with Gasteiger partial charge in [0.1, 0.15) is 5.82 Å². The molecule has 2 heterocycles. The van der Waals surface area contributed by atoms with Gasteiger partial charge in [0.2, 0.25) is 11.7 Å². The summed E-state index contributed by atoms with van der Waals surface area (Å²) >= 11 is 0. The second kappa shape index (κ2) is 7.68. The average Bonchev–Trinajstić information content (AvgIpc) is 2.98. The van der Waals surface area contributed by atoms with E-state index in [2.05, 4.69) is 10.3 Å². The van der Waals surface area contributed by atoms with Crippen molar-refractivity contribution < 1.29 is 18.4 Å². The van der Waals surface area contributed by atoms with Gasteiger partial charge in [-0.15, -0.1) is 0 Å². The molecule has 0 atom stereocenters. The zero-order valence-electron chi connectivity index (χ0n) is 14.9. The molecule has 1 fully saturated rings. The number of carbonyl (C=O) groups excluding carboxylic acids is 2. The zero-order valence-corrected chi connectivity index (χ0v) is 14.9. The molecule has 0 saturated carbocycles. The van der Waals surface area contributed by atoms with Crippen molar-refractivity contribution in [1.82, 2.24) is 15.2 Å². The van der Waals surface area contributed by atoms with Crippen LogP contribution in [-0.4, -0.2) is 34.8 Å². The molecule has 3 rings (SSSR count). The molecule has 0 spiro atoms. The smallest absolute Gasteiger partial charge is 0.291 e. The first-order valence-corrected chi connectivity index (χ1v) is 8.69. The maximum Gasteiger partial charge on any atom is 0.291 e. The predicted molar refractivity (Wildman–Crippen MR) is 92.9 cm³/mol. The van der Waals surface area contributed by atoms with Crippen molar-refractivity contribution in [2.24, 2.45) is 5.92 Å². The van der Waals surface area contributed by atoms with E-state index in [4.69, 9.17) is 4.42 Å². The van der Waals surface area contributed by atoms with E-state index in [-0.39, 0.29) is 29.3 Å². The first-order valence-electron chi connectivity index (χ1n) is 8.69. The molecule has 1 aliphatic heterocycles. The lowest BCUT2D eigenvalue weighted by atomic mass is 9.95. The van der Waals surface area contributed by atoms with Gasteiger partial charge in [-0.25, -0.2) is 9.37 Å². The van der Waals surface area contributed by atoms with Gasteiger partial charge in [0.15, 0.2) is 5.89 Å². The molecule has 7 heteroatoms. The number of aryl methyl sites for hydroxylation is 2. The normalized spacial score (nSPS) is 15.1. The number of likely N-dealkylation sites (tertiary alicyclic amines) is 1. The molecular weight excluding hydrogens is 337 g/mol. The molecule has 2 amide bonds. The lowest BCUT2D eigenvalue weighted by Gasteiger charge is -2.30. The molecular formula is C19H22FN3O3. The molecule has 0 aliphatic carbocycles. The van der Waals surface area contributed by atoms with Crippen molar-refractivity contribution in [3.8, 4) is 0 Å². The number of oxazole rings is 1. The minimum absolute atomic E-state index is 0.0342. The number of piperidine rings is 1. The number of nitrogens with zero attached hydrogens (tertiary/aromatic N) is 2. The van der Waals surface area contributed by atoms with Crippen LogP contribution in [-0.2, 0) is 11.3 Å². The van der Waals surface area contributed by atoms with Crippen LogP contribution in [0.1, 0.15) is 40.5 Å². The highest BCUT2D eigenvalue weighted by Crippen LogP contribution is 2.21. The van der Waals surface area contributed by atoms with E-state index in [1.807, 2.05) is 0 Å². The highest BCUT2D eigenvalue weighted by atomic mass is 19.1. The molecule has 0 radical (unpaired) electrons. The third-order valence-corrected chi connectivity index (χ3v) is 4.63. The number of hydrogen-bond acceptors (Lipinski definition) is 4. The molecule has 0 bridgehead atoms. The minimum atomic E-state index is -0.297. The lowest BCUT2D eigenvalue weighted by molar-refractivity contribution is -0.126. The minimum Gasteiger partial charge on any atom is -0.436 e. The van der Waals surface area contributed by atoms with Gasteiger partial charge in [-0.1, -0.05) is 12.1 Å². The number of aromatic nitrogens is 1. The second-order valence-electron chi connectivity index (χ2n) is 6.56. The molecule has 1 aromatic carbocycles. The van der Waals surface area contributed by atoms with Crippen LogP contribution >= 0.6 is 0 Å². The summed E-state index contributed by atoms with van der Waals surface area (Å²) < 4.78 is 18.3. The topological polar surface area (TPSA) is 75.4 Å². The summed E-state index contributed by atoms with van der Waals surface area (Å²) in [6, 6.07) is 6.05. The summed E-state index contributed by atoms with van der Waals surface area (Å²) in [7, 11) is 0. The summed E-state index contributed by atoms with van der Waals surface area (Å²) in [5.74, 6) is 0.121.